The van der Waals surface area contributed by atoms with Crippen molar-refractivity contribution < 1.29 is 14.0 Å². The fourth-order valence-corrected chi connectivity index (χ4v) is 3.99. The normalized spacial score (nSPS) is 19.1. The van der Waals surface area contributed by atoms with E-state index in [2.05, 4.69) is 5.10 Å². The van der Waals surface area contributed by atoms with Gasteiger partial charge in [0.05, 0.1) is 16.6 Å². The molecule has 4 rings (SSSR count). The molecule has 2 aromatic rings. The molecule has 2 heterocycles. The molecule has 7 heteroatoms. The third-order valence-corrected chi connectivity index (χ3v) is 5.82. The smallest absolute Gasteiger partial charge is 0.262 e. The number of rotatable bonds is 5. The van der Waals surface area contributed by atoms with Gasteiger partial charge in [0.15, 0.2) is 0 Å². The molecule has 0 bridgehead atoms. The summed E-state index contributed by atoms with van der Waals surface area (Å²) < 4.78 is 13.3. The Labute approximate surface area is 161 Å². The Morgan fingerprint density at radius 3 is 2.63 bits per heavy atom. The zero-order chi connectivity index (χ0) is 19.0. The molecule has 0 saturated heterocycles. The highest BCUT2D eigenvalue weighted by Crippen LogP contribution is 2.34. The second kappa shape index (κ2) is 7.23. The van der Waals surface area contributed by atoms with Crippen LogP contribution in [0, 0.1) is 11.7 Å². The average molecular weight is 385 g/mol. The molecule has 1 unspecified atom stereocenters. The molecule has 2 aliphatic rings. The fraction of sp³-hybridized carbons (Fsp3) is 0.350. The van der Waals surface area contributed by atoms with Gasteiger partial charge < -0.3 is 4.90 Å². The Morgan fingerprint density at radius 2 is 2.00 bits per heavy atom. The summed E-state index contributed by atoms with van der Waals surface area (Å²) in [5.41, 5.74) is 1.67. The number of hydrazone groups is 1. The maximum atomic E-state index is 13.3. The van der Waals surface area contributed by atoms with Crippen LogP contribution in [0.5, 0.6) is 0 Å². The van der Waals surface area contributed by atoms with Crippen LogP contribution in [-0.2, 0) is 9.59 Å². The van der Waals surface area contributed by atoms with Crippen molar-refractivity contribution in [1.29, 1.82) is 0 Å². The van der Waals surface area contributed by atoms with Crippen molar-refractivity contribution in [2.45, 2.75) is 25.3 Å². The Morgan fingerprint density at radius 1 is 1.26 bits per heavy atom. The molecule has 2 amide bonds. The summed E-state index contributed by atoms with van der Waals surface area (Å²) in [4.78, 5) is 27.6. The van der Waals surface area contributed by atoms with Crippen molar-refractivity contribution in [3.8, 4) is 0 Å². The predicted molar refractivity (Wildman–Crippen MR) is 102 cm³/mol. The van der Waals surface area contributed by atoms with Gasteiger partial charge in [-0.15, -0.1) is 11.3 Å². The van der Waals surface area contributed by atoms with Crippen LogP contribution in [0.4, 0.5) is 4.39 Å². The van der Waals surface area contributed by atoms with E-state index in [1.807, 2.05) is 17.5 Å². The average Bonchev–Trinajstić information content (AvgIpc) is 3.18. The lowest BCUT2D eigenvalue weighted by Gasteiger charge is -2.25. The topological polar surface area (TPSA) is 53.0 Å². The molecular formula is C20H20FN3O2S. The second-order valence-electron chi connectivity index (χ2n) is 7.00. The molecule has 1 fully saturated rings. The van der Waals surface area contributed by atoms with Crippen molar-refractivity contribution in [1.82, 2.24) is 9.91 Å². The molecule has 0 radical (unpaired) electrons. The first-order chi connectivity index (χ1) is 13.0. The second-order valence-corrected chi connectivity index (χ2v) is 7.95. The zero-order valence-electron chi connectivity index (χ0n) is 15.0. The number of carbonyl (C=O) groups is 2. The molecular weight excluding hydrogens is 365 g/mol. The van der Waals surface area contributed by atoms with E-state index in [0.29, 0.717) is 6.42 Å². The van der Waals surface area contributed by atoms with Crippen LogP contribution in [0.15, 0.2) is 46.9 Å². The van der Waals surface area contributed by atoms with E-state index in [1.165, 1.54) is 22.0 Å². The first-order valence-electron chi connectivity index (χ1n) is 8.97. The molecule has 5 nitrogen and oxygen atoms in total. The van der Waals surface area contributed by atoms with Gasteiger partial charge in [0.2, 0.25) is 5.91 Å². The number of hydrogen-bond donors (Lipinski definition) is 0. The van der Waals surface area contributed by atoms with Crippen molar-refractivity contribution in [2.75, 3.05) is 13.6 Å². The predicted octanol–water partition coefficient (Wildman–Crippen LogP) is 3.43. The largest absolute Gasteiger partial charge is 0.336 e. The summed E-state index contributed by atoms with van der Waals surface area (Å²) >= 11 is 1.57. The van der Waals surface area contributed by atoms with Gasteiger partial charge in [-0.05, 0) is 42.0 Å². The van der Waals surface area contributed by atoms with Crippen molar-refractivity contribution in [2.24, 2.45) is 11.0 Å². The van der Waals surface area contributed by atoms with E-state index >= 15 is 0 Å². The highest BCUT2D eigenvalue weighted by atomic mass is 32.1. The molecule has 1 aromatic heterocycles. The third-order valence-electron chi connectivity index (χ3n) is 4.90. The number of likely N-dealkylation sites (N-methyl/N-ethyl adjacent to an activating group) is 1. The quantitative estimate of drug-likeness (QED) is 0.792. The molecule has 1 saturated carbocycles. The minimum Gasteiger partial charge on any atom is -0.336 e. The monoisotopic (exact) mass is 385 g/mol. The van der Waals surface area contributed by atoms with Crippen LogP contribution in [0.2, 0.25) is 0 Å². The Kier molecular flexibility index (Phi) is 4.78. The fourth-order valence-electron chi connectivity index (χ4n) is 3.27. The van der Waals surface area contributed by atoms with Crippen LogP contribution < -0.4 is 0 Å². The molecule has 140 valence electrons. The van der Waals surface area contributed by atoms with Crippen molar-refractivity contribution in [3.63, 3.8) is 0 Å². The third kappa shape index (κ3) is 3.78. The van der Waals surface area contributed by atoms with Crippen LogP contribution in [0.25, 0.3) is 0 Å². The SMILES string of the molecule is CN(CC(=O)N1N=C(c2cccs2)CC1c1ccc(F)cc1)C(=O)C1CC1. The van der Waals surface area contributed by atoms with Crippen molar-refractivity contribution in [3.05, 3.63) is 58.0 Å². The number of nitrogens with zero attached hydrogens (tertiary/aromatic N) is 3. The lowest BCUT2D eigenvalue weighted by atomic mass is 10.0. The number of carbonyl (C=O) groups excluding carboxylic acids is 2. The number of benzene rings is 1. The van der Waals surface area contributed by atoms with Crippen LogP contribution in [0.1, 0.15) is 35.7 Å². The van der Waals surface area contributed by atoms with Crippen LogP contribution >= 0.6 is 11.3 Å². The van der Waals surface area contributed by atoms with Gasteiger partial charge in [-0.3, -0.25) is 9.59 Å². The van der Waals surface area contributed by atoms with Crippen LogP contribution in [0.3, 0.4) is 0 Å². The maximum Gasteiger partial charge on any atom is 0.262 e. The molecule has 0 N–H and O–H groups in total. The molecule has 0 spiro atoms. The number of amides is 2. The molecule has 1 aliphatic heterocycles. The van der Waals surface area contributed by atoms with E-state index in [9.17, 15) is 14.0 Å². The summed E-state index contributed by atoms with van der Waals surface area (Å²) in [6.07, 6.45) is 2.37. The summed E-state index contributed by atoms with van der Waals surface area (Å²) in [5, 5.41) is 7.99. The minimum absolute atomic E-state index is 0.00571. The standard InChI is InChI=1S/C20H20FN3O2S/c1-23(20(26)14-4-5-14)12-19(25)24-17(13-6-8-15(21)9-7-13)11-16(22-24)18-3-2-10-27-18/h2-3,6-10,14,17H,4-5,11-12H2,1H3. The lowest BCUT2D eigenvalue weighted by Crippen LogP contribution is -2.39. The minimum atomic E-state index is -0.316. The highest BCUT2D eigenvalue weighted by Gasteiger charge is 2.36. The lowest BCUT2D eigenvalue weighted by molar-refractivity contribution is -0.141. The first kappa shape index (κ1) is 17.9. The number of halogens is 1. The highest BCUT2D eigenvalue weighted by molar-refractivity contribution is 7.12. The van der Waals surface area contributed by atoms with Gasteiger partial charge >= 0.3 is 0 Å². The van der Waals surface area contributed by atoms with E-state index in [1.54, 1.807) is 30.5 Å². The van der Waals surface area contributed by atoms with Gasteiger partial charge in [-0.2, -0.15) is 5.10 Å². The van der Waals surface area contributed by atoms with Gasteiger partial charge in [-0.25, -0.2) is 9.40 Å². The number of thiophene rings is 1. The van der Waals surface area contributed by atoms with E-state index in [4.69, 9.17) is 0 Å². The Bertz CT molecular complexity index is 875. The summed E-state index contributed by atoms with van der Waals surface area (Å²) in [6, 6.07) is 9.79. The van der Waals surface area contributed by atoms with Gasteiger partial charge in [0, 0.05) is 19.4 Å². The maximum absolute atomic E-state index is 13.3. The first-order valence-corrected chi connectivity index (χ1v) is 9.85. The summed E-state index contributed by atoms with van der Waals surface area (Å²) in [7, 11) is 1.66. The Balaban J connectivity index is 1.57. The van der Waals surface area contributed by atoms with E-state index < -0.39 is 0 Å². The molecule has 1 aromatic carbocycles. The van der Waals surface area contributed by atoms with Gasteiger partial charge in [0.25, 0.3) is 5.91 Å². The van der Waals surface area contributed by atoms with E-state index in [0.717, 1.165) is 29.0 Å². The summed E-state index contributed by atoms with van der Waals surface area (Å²) in [5.74, 6) is -0.459. The van der Waals surface area contributed by atoms with E-state index in [-0.39, 0.29) is 36.1 Å². The van der Waals surface area contributed by atoms with Crippen LogP contribution in [-0.4, -0.2) is 41.0 Å². The molecule has 1 aliphatic carbocycles. The zero-order valence-corrected chi connectivity index (χ0v) is 15.8. The number of hydrogen-bond acceptors (Lipinski definition) is 4. The van der Waals surface area contributed by atoms with Gasteiger partial charge in [0.1, 0.15) is 12.4 Å². The molecule has 27 heavy (non-hydrogen) atoms. The molecule has 1 atom stereocenters. The Hall–Kier alpha value is -2.54. The van der Waals surface area contributed by atoms with Crippen molar-refractivity contribution >= 4 is 28.9 Å². The summed E-state index contributed by atoms with van der Waals surface area (Å²) in [6.45, 7) is -0.00571. The van der Waals surface area contributed by atoms with Gasteiger partial charge in [-0.1, -0.05) is 18.2 Å².